The molecule has 1 amide bonds. The van der Waals surface area contributed by atoms with Crippen molar-refractivity contribution in [2.24, 2.45) is 5.73 Å². The molecule has 2 atom stereocenters. The van der Waals surface area contributed by atoms with Gasteiger partial charge in [0.15, 0.2) is 0 Å². The molecule has 3 N–H and O–H groups in total. The van der Waals surface area contributed by atoms with Gasteiger partial charge >= 0.3 is 0 Å². The first kappa shape index (κ1) is 10.2. The van der Waals surface area contributed by atoms with Crippen LogP contribution in [-0.4, -0.2) is 18.5 Å². The van der Waals surface area contributed by atoms with Gasteiger partial charge in [0.25, 0.3) is 5.91 Å². The quantitative estimate of drug-likeness (QED) is 0.778. The molecular weight excluding hydrogens is 188 g/mol. The van der Waals surface area contributed by atoms with Crippen molar-refractivity contribution in [2.75, 3.05) is 6.54 Å². The Kier molecular flexibility index (Phi) is 2.73. The van der Waals surface area contributed by atoms with Gasteiger partial charge < -0.3 is 11.1 Å². The average Bonchev–Trinajstić information content (AvgIpc) is 2.96. The van der Waals surface area contributed by atoms with E-state index in [1.165, 1.54) is 5.56 Å². The Morgan fingerprint density at radius 3 is 2.93 bits per heavy atom. The molecule has 0 aromatic heterocycles. The zero-order valence-electron chi connectivity index (χ0n) is 8.86. The first-order chi connectivity index (χ1) is 7.22. The van der Waals surface area contributed by atoms with Gasteiger partial charge in [-0.3, -0.25) is 4.79 Å². The number of hydrogen-bond acceptors (Lipinski definition) is 2. The summed E-state index contributed by atoms with van der Waals surface area (Å²) in [5.74, 6) is 0.452. The van der Waals surface area contributed by atoms with E-state index in [0.29, 0.717) is 12.5 Å². The van der Waals surface area contributed by atoms with E-state index in [2.05, 4.69) is 5.32 Å². The topological polar surface area (TPSA) is 55.1 Å². The number of carbonyl (C=O) groups excluding carboxylic acids is 1. The number of nitrogens with one attached hydrogen (secondary N) is 1. The smallest absolute Gasteiger partial charge is 0.251 e. The molecule has 0 bridgehead atoms. The number of benzene rings is 1. The lowest BCUT2D eigenvalue weighted by molar-refractivity contribution is 0.0955. The third-order valence-electron chi connectivity index (χ3n) is 2.75. The van der Waals surface area contributed by atoms with E-state index in [9.17, 15) is 4.79 Å². The lowest BCUT2D eigenvalue weighted by Gasteiger charge is -2.04. The largest absolute Gasteiger partial charge is 0.352 e. The Bertz CT molecular complexity index is 376. The zero-order chi connectivity index (χ0) is 10.8. The molecule has 1 aromatic rings. The Balaban J connectivity index is 2.15. The van der Waals surface area contributed by atoms with Crippen LogP contribution in [0.1, 0.15) is 35.2 Å². The maximum Gasteiger partial charge on any atom is 0.251 e. The minimum Gasteiger partial charge on any atom is -0.352 e. The van der Waals surface area contributed by atoms with Crippen molar-refractivity contribution >= 4 is 5.91 Å². The number of carbonyl (C=O) groups is 1. The van der Waals surface area contributed by atoms with Crippen molar-refractivity contribution < 1.29 is 4.79 Å². The van der Waals surface area contributed by atoms with Gasteiger partial charge in [-0.2, -0.15) is 0 Å². The number of hydrogen-bond donors (Lipinski definition) is 2. The fraction of sp³-hybridized carbons (Fsp3) is 0.417. The number of rotatable bonds is 3. The summed E-state index contributed by atoms with van der Waals surface area (Å²) in [5, 5.41) is 2.79. The van der Waals surface area contributed by atoms with Crippen LogP contribution in [0.15, 0.2) is 24.3 Å². The molecule has 80 valence electrons. The first-order valence-corrected chi connectivity index (χ1v) is 5.36. The molecule has 1 aliphatic carbocycles. The van der Waals surface area contributed by atoms with Crippen LogP contribution in [-0.2, 0) is 0 Å². The van der Waals surface area contributed by atoms with Crippen molar-refractivity contribution in [2.45, 2.75) is 25.3 Å². The maximum atomic E-state index is 11.6. The summed E-state index contributed by atoms with van der Waals surface area (Å²) >= 11 is 0. The molecule has 2 unspecified atom stereocenters. The lowest BCUT2D eigenvalue weighted by atomic mass is 10.1. The molecule has 15 heavy (non-hydrogen) atoms. The van der Waals surface area contributed by atoms with Crippen LogP contribution < -0.4 is 11.1 Å². The van der Waals surface area contributed by atoms with Crippen LogP contribution in [0.3, 0.4) is 0 Å². The van der Waals surface area contributed by atoms with Gasteiger partial charge in [0.2, 0.25) is 0 Å². The van der Waals surface area contributed by atoms with Gasteiger partial charge in [0.05, 0.1) is 0 Å². The second-order valence-electron chi connectivity index (χ2n) is 3.99. The standard InChI is InChI=1S/C12H16N2O/c1-2-14-12(15)9-5-3-4-8(6-9)10-7-11(10)13/h3-6,10-11H,2,7,13H2,1H3,(H,14,15). The first-order valence-electron chi connectivity index (χ1n) is 5.36. The summed E-state index contributed by atoms with van der Waals surface area (Å²) in [6.45, 7) is 2.57. The van der Waals surface area contributed by atoms with Gasteiger partial charge in [-0.25, -0.2) is 0 Å². The summed E-state index contributed by atoms with van der Waals surface area (Å²) < 4.78 is 0. The van der Waals surface area contributed by atoms with E-state index in [1.54, 1.807) is 0 Å². The third-order valence-corrected chi connectivity index (χ3v) is 2.75. The van der Waals surface area contributed by atoms with Crippen molar-refractivity contribution in [1.29, 1.82) is 0 Å². The van der Waals surface area contributed by atoms with Gasteiger partial charge in [-0.15, -0.1) is 0 Å². The maximum absolute atomic E-state index is 11.6. The highest BCUT2D eigenvalue weighted by atomic mass is 16.1. The molecule has 1 saturated carbocycles. The van der Waals surface area contributed by atoms with Crippen LogP contribution >= 0.6 is 0 Å². The van der Waals surface area contributed by atoms with Crippen molar-refractivity contribution in [3.63, 3.8) is 0 Å². The fourth-order valence-corrected chi connectivity index (χ4v) is 1.77. The van der Waals surface area contributed by atoms with Crippen molar-refractivity contribution in [3.05, 3.63) is 35.4 Å². The molecular formula is C12H16N2O. The molecule has 2 rings (SSSR count). The molecule has 3 nitrogen and oxygen atoms in total. The zero-order valence-corrected chi connectivity index (χ0v) is 8.86. The molecule has 0 heterocycles. The van der Waals surface area contributed by atoms with Crippen LogP contribution in [0.25, 0.3) is 0 Å². The number of nitrogens with two attached hydrogens (primary N) is 1. The van der Waals surface area contributed by atoms with Gasteiger partial charge in [0, 0.05) is 24.1 Å². The molecule has 0 aliphatic heterocycles. The SMILES string of the molecule is CCNC(=O)c1cccc(C2CC2N)c1. The Labute approximate surface area is 89.7 Å². The minimum absolute atomic E-state index is 0.00595. The van der Waals surface area contributed by atoms with Gasteiger partial charge in [-0.05, 0) is 31.0 Å². The Morgan fingerprint density at radius 1 is 1.60 bits per heavy atom. The van der Waals surface area contributed by atoms with E-state index in [0.717, 1.165) is 12.0 Å². The fourth-order valence-electron chi connectivity index (χ4n) is 1.77. The third kappa shape index (κ3) is 2.18. The molecule has 0 spiro atoms. The predicted octanol–water partition coefficient (Wildman–Crippen LogP) is 1.25. The molecule has 0 saturated heterocycles. The Morgan fingerprint density at radius 2 is 2.33 bits per heavy atom. The normalized spacial score (nSPS) is 23.6. The van der Waals surface area contributed by atoms with Crippen LogP contribution in [0.2, 0.25) is 0 Å². The molecule has 1 fully saturated rings. The van der Waals surface area contributed by atoms with Crippen molar-refractivity contribution in [3.8, 4) is 0 Å². The predicted molar refractivity (Wildman–Crippen MR) is 59.8 cm³/mol. The lowest BCUT2D eigenvalue weighted by Crippen LogP contribution is -2.22. The molecule has 1 aromatic carbocycles. The second-order valence-corrected chi connectivity index (χ2v) is 3.99. The van der Waals surface area contributed by atoms with Crippen LogP contribution in [0, 0.1) is 0 Å². The van der Waals surface area contributed by atoms with Crippen molar-refractivity contribution in [1.82, 2.24) is 5.32 Å². The summed E-state index contributed by atoms with van der Waals surface area (Å²) in [6.07, 6.45) is 1.04. The summed E-state index contributed by atoms with van der Waals surface area (Å²) in [7, 11) is 0. The highest BCUT2D eigenvalue weighted by Crippen LogP contribution is 2.38. The highest BCUT2D eigenvalue weighted by Gasteiger charge is 2.34. The Hall–Kier alpha value is -1.35. The minimum atomic E-state index is -0.00595. The molecule has 0 radical (unpaired) electrons. The van der Waals surface area contributed by atoms with Crippen LogP contribution in [0.5, 0.6) is 0 Å². The summed E-state index contributed by atoms with van der Waals surface area (Å²) in [4.78, 5) is 11.6. The summed E-state index contributed by atoms with van der Waals surface area (Å²) in [6, 6.07) is 8.03. The van der Waals surface area contributed by atoms with E-state index >= 15 is 0 Å². The average molecular weight is 204 g/mol. The molecule has 1 aliphatic rings. The van der Waals surface area contributed by atoms with E-state index in [-0.39, 0.29) is 11.9 Å². The highest BCUT2D eigenvalue weighted by molar-refractivity contribution is 5.94. The van der Waals surface area contributed by atoms with E-state index in [4.69, 9.17) is 5.73 Å². The summed E-state index contributed by atoms with van der Waals surface area (Å²) in [5.41, 5.74) is 7.70. The monoisotopic (exact) mass is 204 g/mol. The van der Waals surface area contributed by atoms with Gasteiger partial charge in [0.1, 0.15) is 0 Å². The van der Waals surface area contributed by atoms with Gasteiger partial charge in [-0.1, -0.05) is 12.1 Å². The van der Waals surface area contributed by atoms with Crippen LogP contribution in [0.4, 0.5) is 0 Å². The number of amides is 1. The van der Waals surface area contributed by atoms with E-state index < -0.39 is 0 Å². The second kappa shape index (κ2) is 4.03. The van der Waals surface area contributed by atoms with E-state index in [1.807, 2.05) is 31.2 Å². The molecule has 3 heteroatoms.